The summed E-state index contributed by atoms with van der Waals surface area (Å²) in [5.74, 6) is -1.71. The Labute approximate surface area is 263 Å². The topological polar surface area (TPSA) is 166 Å². The van der Waals surface area contributed by atoms with E-state index in [1.807, 2.05) is 60.7 Å². The standard InChI is InChI=1S/C32H32N4O8S/c1-31(2)26(29(40)42-17-20-9-5-3-6-10-20)36-28(39)25(32(36,45-31)34-19-37)35-27(38)24(33)22-13-15-23(16-14-22)44-30(41)43-18-21-11-7-4-8-12-21/h3-16,19,24-26H,17-18,33H2,1-2H3,(H,34,37)(H,35,38)/t24?,25-,26+,32?/m1/s1. The van der Waals surface area contributed by atoms with Gasteiger partial charge in [-0.25, -0.2) is 9.59 Å². The molecule has 2 heterocycles. The highest BCUT2D eigenvalue weighted by atomic mass is 32.2. The second-order valence-corrected chi connectivity index (χ2v) is 12.9. The number of benzene rings is 3. The van der Waals surface area contributed by atoms with Crippen molar-refractivity contribution in [3.63, 3.8) is 0 Å². The van der Waals surface area contributed by atoms with Gasteiger partial charge in [0.2, 0.25) is 12.3 Å². The smallest absolute Gasteiger partial charge is 0.459 e. The van der Waals surface area contributed by atoms with Gasteiger partial charge in [-0.1, -0.05) is 72.8 Å². The van der Waals surface area contributed by atoms with Crippen LogP contribution in [0.2, 0.25) is 0 Å². The molecule has 2 aliphatic heterocycles. The third-order valence-corrected chi connectivity index (χ3v) is 9.10. The van der Waals surface area contributed by atoms with Crippen molar-refractivity contribution >= 4 is 42.1 Å². The molecule has 4 atom stereocenters. The number of carbonyl (C=O) groups is 5. The summed E-state index contributed by atoms with van der Waals surface area (Å²) in [6, 6.07) is 20.7. The van der Waals surface area contributed by atoms with Gasteiger partial charge in [0, 0.05) is 4.75 Å². The number of carbonyl (C=O) groups excluding carboxylic acids is 5. The van der Waals surface area contributed by atoms with Gasteiger partial charge >= 0.3 is 12.1 Å². The van der Waals surface area contributed by atoms with E-state index in [0.29, 0.717) is 12.0 Å². The number of nitrogens with two attached hydrogens (primary N) is 1. The molecular formula is C32H32N4O8S. The molecule has 0 spiro atoms. The van der Waals surface area contributed by atoms with Crippen LogP contribution in [0.15, 0.2) is 84.9 Å². The van der Waals surface area contributed by atoms with Crippen molar-refractivity contribution in [3.8, 4) is 5.75 Å². The van der Waals surface area contributed by atoms with Crippen molar-refractivity contribution in [1.82, 2.24) is 15.5 Å². The van der Waals surface area contributed by atoms with Gasteiger partial charge in [-0.15, -0.1) is 11.8 Å². The Balaban J connectivity index is 1.21. The number of hydrogen-bond donors (Lipinski definition) is 3. The third-order valence-electron chi connectivity index (χ3n) is 7.49. The molecule has 0 bridgehead atoms. The van der Waals surface area contributed by atoms with Crippen molar-refractivity contribution in [3.05, 3.63) is 102 Å². The zero-order valence-electron chi connectivity index (χ0n) is 24.5. The first kappa shape index (κ1) is 31.5. The maximum atomic E-state index is 13.4. The Morgan fingerprint density at radius 3 is 2.09 bits per heavy atom. The molecule has 3 aromatic rings. The molecule has 45 heavy (non-hydrogen) atoms. The molecule has 12 nitrogen and oxygen atoms in total. The fourth-order valence-corrected chi connectivity index (χ4v) is 7.12. The minimum Gasteiger partial charge on any atom is -0.459 e. The molecule has 2 aliphatic rings. The number of fused-ring (bicyclic) bond motifs is 1. The summed E-state index contributed by atoms with van der Waals surface area (Å²) in [5, 5.41) is 5.29. The van der Waals surface area contributed by atoms with E-state index in [2.05, 4.69) is 10.6 Å². The number of hydrogen-bond acceptors (Lipinski definition) is 10. The molecule has 3 amide bonds. The van der Waals surface area contributed by atoms with Gasteiger partial charge in [0.25, 0.3) is 5.91 Å². The van der Waals surface area contributed by atoms with Crippen LogP contribution in [0, 0.1) is 0 Å². The van der Waals surface area contributed by atoms with Crippen molar-refractivity contribution in [2.24, 2.45) is 5.73 Å². The minimum absolute atomic E-state index is 0.0147. The lowest BCUT2D eigenvalue weighted by molar-refractivity contribution is -0.174. The molecule has 234 valence electrons. The minimum atomic E-state index is -1.42. The van der Waals surface area contributed by atoms with E-state index >= 15 is 0 Å². The summed E-state index contributed by atoms with van der Waals surface area (Å²) < 4.78 is 15.0. The van der Waals surface area contributed by atoms with E-state index in [9.17, 15) is 24.0 Å². The summed E-state index contributed by atoms with van der Waals surface area (Å²) in [5.41, 5.74) is 8.17. The fraction of sp³-hybridized carbons (Fsp3) is 0.281. The molecule has 4 N–H and O–H groups in total. The molecule has 3 aromatic carbocycles. The number of β-lactam (4-membered cyclic amide) rings is 1. The molecule has 13 heteroatoms. The van der Waals surface area contributed by atoms with E-state index < -0.39 is 51.8 Å². The van der Waals surface area contributed by atoms with Crippen LogP contribution < -0.4 is 21.1 Å². The predicted molar refractivity (Wildman–Crippen MR) is 163 cm³/mol. The van der Waals surface area contributed by atoms with Crippen molar-refractivity contribution < 1.29 is 38.2 Å². The van der Waals surface area contributed by atoms with Crippen molar-refractivity contribution in [1.29, 1.82) is 0 Å². The predicted octanol–water partition coefficient (Wildman–Crippen LogP) is 2.77. The maximum absolute atomic E-state index is 13.4. The molecule has 0 aliphatic carbocycles. The SMILES string of the molecule is CC1(C)SC2(NC=O)[C@H](NC(=O)C(N)c3ccc(OC(=O)OCc4ccccc4)cc3)C(=O)N2[C@H]1C(=O)OCc1ccccc1. The summed E-state index contributed by atoms with van der Waals surface area (Å²) in [6.45, 7) is 3.59. The second kappa shape index (κ2) is 13.0. The molecule has 0 saturated carbocycles. The number of amides is 3. The highest BCUT2D eigenvalue weighted by Gasteiger charge is 2.74. The van der Waals surface area contributed by atoms with Gasteiger partial charge in [0.15, 0.2) is 11.0 Å². The molecule has 2 saturated heterocycles. The van der Waals surface area contributed by atoms with Crippen LogP contribution in [0.1, 0.15) is 36.6 Å². The normalized spacial score (nSPS) is 21.8. The Bertz CT molecular complexity index is 1570. The largest absolute Gasteiger partial charge is 0.514 e. The van der Waals surface area contributed by atoms with Crippen LogP contribution >= 0.6 is 11.8 Å². The maximum Gasteiger partial charge on any atom is 0.514 e. The zero-order chi connectivity index (χ0) is 32.2. The summed E-state index contributed by atoms with van der Waals surface area (Å²) in [7, 11) is 0. The molecule has 0 radical (unpaired) electrons. The average Bonchev–Trinajstić information content (AvgIpc) is 3.26. The number of nitrogens with one attached hydrogen (secondary N) is 2. The average molecular weight is 633 g/mol. The van der Waals surface area contributed by atoms with Crippen LogP contribution in [0.3, 0.4) is 0 Å². The van der Waals surface area contributed by atoms with E-state index in [1.54, 1.807) is 13.8 Å². The van der Waals surface area contributed by atoms with Gasteiger partial charge in [0.1, 0.15) is 31.0 Å². The third kappa shape index (κ3) is 6.49. The highest BCUT2D eigenvalue weighted by Crippen LogP contribution is 2.57. The number of ether oxygens (including phenoxy) is 3. The molecule has 5 rings (SSSR count). The van der Waals surface area contributed by atoms with Crippen LogP contribution in [0.25, 0.3) is 0 Å². The quantitative estimate of drug-likeness (QED) is 0.124. The molecule has 0 aromatic heterocycles. The van der Waals surface area contributed by atoms with E-state index in [4.69, 9.17) is 19.9 Å². The molecular weight excluding hydrogens is 600 g/mol. The van der Waals surface area contributed by atoms with Gasteiger partial charge in [-0.3, -0.25) is 19.3 Å². The Hall–Kier alpha value is -4.88. The van der Waals surface area contributed by atoms with E-state index in [1.165, 1.54) is 40.9 Å². The van der Waals surface area contributed by atoms with Gasteiger partial charge in [0.05, 0.1) is 0 Å². The van der Waals surface area contributed by atoms with E-state index in [-0.39, 0.29) is 19.0 Å². The summed E-state index contributed by atoms with van der Waals surface area (Å²) >= 11 is 1.17. The summed E-state index contributed by atoms with van der Waals surface area (Å²) in [6.07, 6.45) is -0.475. The lowest BCUT2D eigenvalue weighted by Crippen LogP contribution is -2.82. The Morgan fingerprint density at radius 2 is 1.51 bits per heavy atom. The van der Waals surface area contributed by atoms with Crippen molar-refractivity contribution in [2.45, 2.75) is 54.9 Å². The molecule has 2 fully saturated rings. The first-order valence-electron chi connectivity index (χ1n) is 14.1. The lowest BCUT2D eigenvalue weighted by atomic mass is 9.92. The van der Waals surface area contributed by atoms with Gasteiger partial charge < -0.3 is 30.6 Å². The Kier molecular flexibility index (Phi) is 9.11. The van der Waals surface area contributed by atoms with Gasteiger partial charge in [-0.05, 0) is 42.7 Å². The zero-order valence-corrected chi connectivity index (χ0v) is 25.3. The van der Waals surface area contributed by atoms with Crippen LogP contribution in [-0.4, -0.2) is 57.1 Å². The van der Waals surface area contributed by atoms with Crippen LogP contribution in [-0.2, 0) is 41.9 Å². The van der Waals surface area contributed by atoms with Gasteiger partial charge in [-0.2, -0.15) is 0 Å². The monoisotopic (exact) mass is 632 g/mol. The molecule has 2 unspecified atom stereocenters. The highest BCUT2D eigenvalue weighted by molar-refractivity contribution is 8.02. The number of thioether (sulfide) groups is 1. The Morgan fingerprint density at radius 1 is 0.933 bits per heavy atom. The first-order valence-corrected chi connectivity index (χ1v) is 14.9. The fourth-order valence-electron chi connectivity index (χ4n) is 5.33. The lowest BCUT2D eigenvalue weighted by Gasteiger charge is -2.53. The number of nitrogens with zero attached hydrogens (tertiary/aromatic N) is 1. The van der Waals surface area contributed by atoms with Crippen LogP contribution in [0.4, 0.5) is 4.79 Å². The summed E-state index contributed by atoms with van der Waals surface area (Å²) in [4.78, 5) is 63.5. The first-order chi connectivity index (χ1) is 21.6. The second-order valence-electron chi connectivity index (χ2n) is 11.0. The van der Waals surface area contributed by atoms with Crippen LogP contribution in [0.5, 0.6) is 5.75 Å². The number of rotatable bonds is 11. The number of esters is 1. The van der Waals surface area contributed by atoms with Crippen molar-refractivity contribution in [2.75, 3.05) is 0 Å². The van der Waals surface area contributed by atoms with E-state index in [0.717, 1.165) is 11.1 Å².